The summed E-state index contributed by atoms with van der Waals surface area (Å²) in [6, 6.07) is 8.37. The molecule has 2 nitrogen and oxygen atoms in total. The van der Waals surface area contributed by atoms with Crippen LogP contribution in [0.5, 0.6) is 0 Å². The van der Waals surface area contributed by atoms with Crippen molar-refractivity contribution in [3.05, 3.63) is 40.8 Å². The number of hydrogen-bond donors (Lipinski definition) is 0. The molecule has 0 unspecified atom stereocenters. The lowest BCUT2D eigenvalue weighted by atomic mass is 10.1. The number of aromatic nitrogens is 2. The van der Waals surface area contributed by atoms with Crippen LogP contribution in [-0.4, -0.2) is 9.55 Å². The summed E-state index contributed by atoms with van der Waals surface area (Å²) >= 11 is 3.45. The Morgan fingerprint density at radius 1 is 1.33 bits per heavy atom. The summed E-state index contributed by atoms with van der Waals surface area (Å²) < 4.78 is 3.05. The smallest absolute Gasteiger partial charge is 0.177 e. The molecule has 15 heavy (non-hydrogen) atoms. The number of benzene rings is 1. The van der Waals surface area contributed by atoms with Gasteiger partial charge in [0.15, 0.2) is 4.73 Å². The molecule has 0 amide bonds. The molecule has 0 bridgehead atoms. The zero-order valence-corrected chi connectivity index (χ0v) is 10.5. The highest BCUT2D eigenvalue weighted by molar-refractivity contribution is 9.10. The minimum atomic E-state index is 0.892. The lowest BCUT2D eigenvalue weighted by Crippen LogP contribution is -1.98. The summed E-state index contributed by atoms with van der Waals surface area (Å²) in [7, 11) is 0. The van der Waals surface area contributed by atoms with E-state index >= 15 is 0 Å². The molecule has 3 heteroatoms. The third-order valence-electron chi connectivity index (χ3n) is 2.54. The first-order valence-corrected chi connectivity index (χ1v) is 5.80. The molecule has 0 radical (unpaired) electrons. The Balaban J connectivity index is 2.59. The van der Waals surface area contributed by atoms with Gasteiger partial charge in [-0.2, -0.15) is 0 Å². The van der Waals surface area contributed by atoms with Gasteiger partial charge in [0, 0.05) is 12.1 Å². The average Bonchev–Trinajstić information content (AvgIpc) is 2.60. The normalized spacial score (nSPS) is 10.6. The fourth-order valence-electron chi connectivity index (χ4n) is 1.73. The van der Waals surface area contributed by atoms with Crippen LogP contribution in [0.3, 0.4) is 0 Å². The molecule has 1 heterocycles. The fraction of sp³-hybridized carbons (Fsp3) is 0.250. The molecule has 0 fully saturated rings. The van der Waals surface area contributed by atoms with Gasteiger partial charge < -0.3 is 4.57 Å². The van der Waals surface area contributed by atoms with Crippen LogP contribution in [0.1, 0.15) is 12.5 Å². The molecule has 0 aliphatic carbocycles. The van der Waals surface area contributed by atoms with Gasteiger partial charge >= 0.3 is 0 Å². The monoisotopic (exact) mass is 264 g/mol. The third kappa shape index (κ3) is 1.84. The maximum atomic E-state index is 4.28. The minimum absolute atomic E-state index is 0.892. The van der Waals surface area contributed by atoms with Gasteiger partial charge in [0.25, 0.3) is 0 Å². The van der Waals surface area contributed by atoms with E-state index in [-0.39, 0.29) is 0 Å². The van der Waals surface area contributed by atoms with E-state index in [9.17, 15) is 0 Å². The van der Waals surface area contributed by atoms with E-state index in [2.05, 4.69) is 63.6 Å². The van der Waals surface area contributed by atoms with Crippen LogP contribution in [-0.2, 0) is 6.54 Å². The molecule has 0 aliphatic rings. The SMILES string of the molecule is CCn1c(-c2ccccc2C)cnc1Br. The van der Waals surface area contributed by atoms with Gasteiger partial charge in [-0.3, -0.25) is 0 Å². The Kier molecular flexibility index (Phi) is 2.91. The number of nitrogens with zero attached hydrogens (tertiary/aromatic N) is 2. The highest BCUT2D eigenvalue weighted by atomic mass is 79.9. The number of hydrogen-bond acceptors (Lipinski definition) is 1. The van der Waals surface area contributed by atoms with E-state index in [1.807, 2.05) is 6.20 Å². The van der Waals surface area contributed by atoms with Gasteiger partial charge in [-0.05, 0) is 35.3 Å². The van der Waals surface area contributed by atoms with Crippen molar-refractivity contribution in [2.75, 3.05) is 0 Å². The molecule has 0 saturated carbocycles. The van der Waals surface area contributed by atoms with Crippen LogP contribution in [0.2, 0.25) is 0 Å². The van der Waals surface area contributed by atoms with Gasteiger partial charge in [-0.15, -0.1) is 0 Å². The summed E-state index contributed by atoms with van der Waals surface area (Å²) in [6.45, 7) is 5.16. The lowest BCUT2D eigenvalue weighted by Gasteiger charge is -2.08. The number of halogens is 1. The predicted octanol–water partition coefficient (Wildman–Crippen LogP) is 3.64. The van der Waals surface area contributed by atoms with Crippen molar-refractivity contribution in [1.29, 1.82) is 0 Å². The molecule has 0 atom stereocenters. The quantitative estimate of drug-likeness (QED) is 0.810. The summed E-state index contributed by atoms with van der Waals surface area (Å²) in [5.41, 5.74) is 3.69. The average molecular weight is 265 g/mol. The van der Waals surface area contributed by atoms with Crippen molar-refractivity contribution >= 4 is 15.9 Å². The van der Waals surface area contributed by atoms with Crippen LogP contribution in [0.15, 0.2) is 35.2 Å². The van der Waals surface area contributed by atoms with Gasteiger partial charge in [0.05, 0.1) is 11.9 Å². The zero-order chi connectivity index (χ0) is 10.8. The molecule has 2 aromatic rings. The summed E-state index contributed by atoms with van der Waals surface area (Å²) in [5, 5.41) is 0. The first-order valence-electron chi connectivity index (χ1n) is 5.01. The number of rotatable bonds is 2. The molecule has 78 valence electrons. The van der Waals surface area contributed by atoms with E-state index in [1.54, 1.807) is 0 Å². The molecule has 2 rings (SSSR count). The molecule has 1 aromatic heterocycles. The summed E-state index contributed by atoms with van der Waals surface area (Å²) in [4.78, 5) is 4.28. The third-order valence-corrected chi connectivity index (χ3v) is 3.18. The van der Waals surface area contributed by atoms with Gasteiger partial charge in [0.2, 0.25) is 0 Å². The van der Waals surface area contributed by atoms with Crippen molar-refractivity contribution in [2.45, 2.75) is 20.4 Å². The lowest BCUT2D eigenvalue weighted by molar-refractivity contribution is 0.747. The number of imidazole rings is 1. The molecular formula is C12H13BrN2. The van der Waals surface area contributed by atoms with Crippen LogP contribution < -0.4 is 0 Å². The van der Waals surface area contributed by atoms with Gasteiger partial charge in [-0.25, -0.2) is 4.98 Å². The largest absolute Gasteiger partial charge is 0.319 e. The van der Waals surface area contributed by atoms with Crippen molar-refractivity contribution in [3.8, 4) is 11.3 Å². The van der Waals surface area contributed by atoms with E-state index in [1.165, 1.54) is 16.8 Å². The Bertz CT molecular complexity index is 474. The molecular weight excluding hydrogens is 252 g/mol. The van der Waals surface area contributed by atoms with Crippen molar-refractivity contribution in [3.63, 3.8) is 0 Å². The second-order valence-corrected chi connectivity index (χ2v) is 4.18. The maximum Gasteiger partial charge on any atom is 0.177 e. The van der Waals surface area contributed by atoms with Crippen LogP contribution in [0, 0.1) is 6.92 Å². The van der Waals surface area contributed by atoms with Gasteiger partial charge in [0.1, 0.15) is 0 Å². The molecule has 0 saturated heterocycles. The predicted molar refractivity (Wildman–Crippen MR) is 65.8 cm³/mol. The number of aryl methyl sites for hydroxylation is 1. The first-order chi connectivity index (χ1) is 7.24. The van der Waals surface area contributed by atoms with Crippen LogP contribution in [0.4, 0.5) is 0 Å². The highest BCUT2D eigenvalue weighted by Crippen LogP contribution is 2.25. The van der Waals surface area contributed by atoms with Gasteiger partial charge in [-0.1, -0.05) is 24.3 Å². The van der Waals surface area contributed by atoms with Crippen LogP contribution in [0.25, 0.3) is 11.3 Å². The van der Waals surface area contributed by atoms with E-state index in [0.29, 0.717) is 0 Å². The highest BCUT2D eigenvalue weighted by Gasteiger charge is 2.09. The Hall–Kier alpha value is -1.09. The van der Waals surface area contributed by atoms with E-state index < -0.39 is 0 Å². The zero-order valence-electron chi connectivity index (χ0n) is 8.87. The fourth-order valence-corrected chi connectivity index (χ4v) is 2.27. The minimum Gasteiger partial charge on any atom is -0.319 e. The Labute approximate surface area is 98.1 Å². The molecule has 0 spiro atoms. The van der Waals surface area contributed by atoms with Crippen LogP contribution >= 0.6 is 15.9 Å². The maximum absolute atomic E-state index is 4.28. The Morgan fingerprint density at radius 3 is 2.73 bits per heavy atom. The second-order valence-electron chi connectivity index (χ2n) is 3.47. The van der Waals surface area contributed by atoms with Crippen molar-refractivity contribution in [1.82, 2.24) is 9.55 Å². The standard InChI is InChI=1S/C12H13BrN2/c1-3-15-11(8-14-12(15)13)10-7-5-4-6-9(10)2/h4-8H,3H2,1-2H3. The molecule has 0 aliphatic heterocycles. The van der Waals surface area contributed by atoms with Crippen molar-refractivity contribution < 1.29 is 0 Å². The first kappa shape index (κ1) is 10.4. The van der Waals surface area contributed by atoms with E-state index in [4.69, 9.17) is 0 Å². The topological polar surface area (TPSA) is 17.8 Å². The van der Waals surface area contributed by atoms with E-state index in [0.717, 1.165) is 11.3 Å². The van der Waals surface area contributed by atoms with Crippen molar-refractivity contribution in [2.24, 2.45) is 0 Å². The summed E-state index contributed by atoms with van der Waals surface area (Å²) in [6.07, 6.45) is 1.91. The molecule has 1 aromatic carbocycles. The second kappa shape index (κ2) is 4.19. The Morgan fingerprint density at radius 2 is 2.07 bits per heavy atom. The summed E-state index contributed by atoms with van der Waals surface area (Å²) in [5.74, 6) is 0. The molecule has 0 N–H and O–H groups in total.